The van der Waals surface area contributed by atoms with E-state index in [9.17, 15) is 9.59 Å². The largest absolute Gasteiger partial charge is 0.274 e. The number of hydrogen-bond acceptors (Lipinski definition) is 3. The van der Waals surface area contributed by atoms with Crippen molar-refractivity contribution in [2.75, 3.05) is 4.90 Å². The molecule has 2 aliphatic carbocycles. The van der Waals surface area contributed by atoms with E-state index in [-0.39, 0.29) is 35.5 Å². The molecule has 2 heterocycles. The highest BCUT2D eigenvalue weighted by molar-refractivity contribution is 6.22. The molecule has 0 radical (unpaired) electrons. The highest BCUT2D eigenvalue weighted by Gasteiger charge is 2.60. The number of imide groups is 1. The van der Waals surface area contributed by atoms with Crippen molar-refractivity contribution in [3.8, 4) is 0 Å². The molecular formula is C15H14N2O2. The molecule has 1 saturated carbocycles. The normalized spacial score (nSPS) is 35.8. The molecule has 4 unspecified atom stereocenters. The van der Waals surface area contributed by atoms with E-state index in [1.165, 1.54) is 10.5 Å². The predicted octanol–water partition coefficient (Wildman–Crippen LogP) is 1.78. The van der Waals surface area contributed by atoms with Crippen LogP contribution in [0.25, 0.3) is 0 Å². The van der Waals surface area contributed by atoms with Crippen molar-refractivity contribution in [1.82, 2.24) is 4.98 Å². The molecule has 4 nitrogen and oxygen atoms in total. The number of anilines is 1. The Morgan fingerprint density at radius 3 is 2.58 bits per heavy atom. The third-order valence-corrected chi connectivity index (χ3v) is 4.80. The number of rotatable bonds is 1. The van der Waals surface area contributed by atoms with E-state index in [2.05, 4.69) is 18.0 Å². The van der Waals surface area contributed by atoms with Crippen molar-refractivity contribution in [3.05, 3.63) is 36.2 Å². The number of carbonyl (C=O) groups is 2. The molecule has 1 saturated heterocycles. The lowest BCUT2D eigenvalue weighted by molar-refractivity contribution is -0.123. The molecule has 19 heavy (non-hydrogen) atoms. The van der Waals surface area contributed by atoms with Crippen molar-refractivity contribution in [1.29, 1.82) is 0 Å². The zero-order valence-corrected chi connectivity index (χ0v) is 10.6. The molecule has 2 amide bonds. The van der Waals surface area contributed by atoms with Gasteiger partial charge >= 0.3 is 0 Å². The van der Waals surface area contributed by atoms with Crippen LogP contribution >= 0.6 is 0 Å². The molecular weight excluding hydrogens is 240 g/mol. The van der Waals surface area contributed by atoms with Crippen molar-refractivity contribution < 1.29 is 9.59 Å². The monoisotopic (exact) mass is 254 g/mol. The van der Waals surface area contributed by atoms with Crippen LogP contribution in [0, 0.1) is 23.7 Å². The smallest absolute Gasteiger partial charge is 0.238 e. The Bertz CT molecular complexity index is 608. The van der Waals surface area contributed by atoms with Crippen LogP contribution in [0.4, 0.5) is 5.69 Å². The molecule has 0 spiro atoms. The molecule has 2 bridgehead atoms. The van der Waals surface area contributed by atoms with Gasteiger partial charge in [0.05, 0.1) is 17.5 Å². The molecule has 1 aromatic rings. The van der Waals surface area contributed by atoms with E-state index >= 15 is 0 Å². The number of fused-ring (bicyclic) bond motifs is 5. The van der Waals surface area contributed by atoms with Gasteiger partial charge in [0.2, 0.25) is 11.8 Å². The summed E-state index contributed by atoms with van der Waals surface area (Å²) in [6.07, 6.45) is 6.39. The van der Waals surface area contributed by atoms with Gasteiger partial charge in [-0.25, -0.2) is 4.90 Å². The van der Waals surface area contributed by atoms with Gasteiger partial charge in [0.25, 0.3) is 0 Å². The summed E-state index contributed by atoms with van der Waals surface area (Å²) in [7, 11) is 0. The van der Waals surface area contributed by atoms with Crippen molar-refractivity contribution >= 4 is 17.5 Å². The van der Waals surface area contributed by atoms with Gasteiger partial charge in [0, 0.05) is 12.4 Å². The molecule has 2 fully saturated rings. The second-order valence-electron chi connectivity index (χ2n) is 5.69. The Labute approximate surface area is 111 Å². The maximum absolute atomic E-state index is 12.6. The second-order valence-corrected chi connectivity index (χ2v) is 5.69. The highest BCUT2D eigenvalue weighted by atomic mass is 16.2. The SMILES string of the molecule is CC1=CC2CC1C1C(=O)N(c3ccncc3)C(=O)C21. The fourth-order valence-corrected chi connectivity index (χ4v) is 4.02. The number of carbonyl (C=O) groups excluding carboxylic acids is 2. The van der Waals surface area contributed by atoms with Gasteiger partial charge < -0.3 is 0 Å². The number of aromatic nitrogens is 1. The minimum absolute atomic E-state index is 0.0267. The van der Waals surface area contributed by atoms with Crippen LogP contribution in [0.2, 0.25) is 0 Å². The first-order valence-electron chi connectivity index (χ1n) is 6.64. The van der Waals surface area contributed by atoms with Gasteiger partial charge in [-0.15, -0.1) is 0 Å². The second kappa shape index (κ2) is 3.53. The molecule has 3 aliphatic rings. The Balaban J connectivity index is 1.77. The first-order valence-corrected chi connectivity index (χ1v) is 6.64. The minimum atomic E-state index is -0.130. The Hall–Kier alpha value is -1.97. The van der Waals surface area contributed by atoms with Crippen molar-refractivity contribution in [2.24, 2.45) is 23.7 Å². The van der Waals surface area contributed by atoms with Gasteiger partial charge in [0.15, 0.2) is 0 Å². The number of nitrogens with zero attached hydrogens (tertiary/aromatic N) is 2. The lowest BCUT2D eigenvalue weighted by Crippen LogP contribution is -2.32. The van der Waals surface area contributed by atoms with Gasteiger partial charge in [-0.3, -0.25) is 14.6 Å². The van der Waals surface area contributed by atoms with Crippen LogP contribution in [-0.4, -0.2) is 16.8 Å². The lowest BCUT2D eigenvalue weighted by Gasteiger charge is -2.19. The zero-order valence-electron chi connectivity index (χ0n) is 10.6. The molecule has 96 valence electrons. The number of allylic oxidation sites excluding steroid dienone is 2. The summed E-state index contributed by atoms with van der Waals surface area (Å²) < 4.78 is 0. The Morgan fingerprint density at radius 2 is 1.84 bits per heavy atom. The predicted molar refractivity (Wildman–Crippen MR) is 69.1 cm³/mol. The summed E-state index contributed by atoms with van der Waals surface area (Å²) in [5, 5.41) is 0. The van der Waals surface area contributed by atoms with Crippen molar-refractivity contribution in [2.45, 2.75) is 13.3 Å². The molecule has 4 atom stereocenters. The summed E-state index contributed by atoms with van der Waals surface area (Å²) in [6, 6.07) is 3.44. The average molecular weight is 254 g/mol. The zero-order chi connectivity index (χ0) is 13.1. The first-order chi connectivity index (χ1) is 9.18. The summed E-state index contributed by atoms with van der Waals surface area (Å²) in [5.74, 6) is 0.222. The van der Waals surface area contributed by atoms with Crippen LogP contribution < -0.4 is 4.90 Å². The molecule has 0 N–H and O–H groups in total. The fraction of sp³-hybridized carbons (Fsp3) is 0.400. The van der Waals surface area contributed by atoms with E-state index in [1.807, 2.05) is 0 Å². The van der Waals surface area contributed by atoms with E-state index in [1.54, 1.807) is 24.5 Å². The summed E-state index contributed by atoms with van der Waals surface area (Å²) in [5.41, 5.74) is 1.93. The average Bonchev–Trinajstić information content (AvgIpc) is 3.02. The lowest BCUT2D eigenvalue weighted by atomic mass is 9.82. The summed E-state index contributed by atoms with van der Waals surface area (Å²) in [6.45, 7) is 2.08. The summed E-state index contributed by atoms with van der Waals surface area (Å²) in [4.78, 5) is 30.4. The Kier molecular flexibility index (Phi) is 2.03. The number of pyridine rings is 1. The fourth-order valence-electron chi connectivity index (χ4n) is 4.02. The molecule has 4 rings (SSSR count). The maximum atomic E-state index is 12.6. The molecule has 1 aromatic heterocycles. The van der Waals surface area contributed by atoms with Crippen LogP contribution in [0.5, 0.6) is 0 Å². The molecule has 0 aromatic carbocycles. The summed E-state index contributed by atoms with van der Waals surface area (Å²) >= 11 is 0. The third-order valence-electron chi connectivity index (χ3n) is 4.80. The van der Waals surface area contributed by atoms with E-state index in [0.29, 0.717) is 5.69 Å². The number of amides is 2. The van der Waals surface area contributed by atoms with Gasteiger partial charge in [-0.2, -0.15) is 0 Å². The molecule has 4 heteroatoms. The van der Waals surface area contributed by atoms with Crippen LogP contribution in [-0.2, 0) is 9.59 Å². The molecule has 1 aliphatic heterocycles. The highest BCUT2D eigenvalue weighted by Crippen LogP contribution is 2.55. The van der Waals surface area contributed by atoms with Gasteiger partial charge in [-0.05, 0) is 37.3 Å². The quantitative estimate of drug-likeness (QED) is 0.567. The third kappa shape index (κ3) is 1.26. The van der Waals surface area contributed by atoms with Crippen molar-refractivity contribution in [3.63, 3.8) is 0 Å². The maximum Gasteiger partial charge on any atom is 0.238 e. The van der Waals surface area contributed by atoms with E-state index in [0.717, 1.165) is 6.42 Å². The van der Waals surface area contributed by atoms with E-state index in [4.69, 9.17) is 0 Å². The minimum Gasteiger partial charge on any atom is -0.274 e. The topological polar surface area (TPSA) is 50.3 Å². The first kappa shape index (κ1) is 10.9. The number of hydrogen-bond donors (Lipinski definition) is 0. The van der Waals surface area contributed by atoms with Gasteiger partial charge in [0.1, 0.15) is 0 Å². The van der Waals surface area contributed by atoms with Gasteiger partial charge in [-0.1, -0.05) is 11.6 Å². The van der Waals surface area contributed by atoms with Crippen LogP contribution in [0.15, 0.2) is 36.2 Å². The standard InChI is InChI=1S/C15H14N2O2/c1-8-6-9-7-11(8)13-12(9)14(18)17(15(13)19)10-2-4-16-5-3-10/h2-6,9,11-13H,7H2,1H3. The Morgan fingerprint density at radius 1 is 1.16 bits per heavy atom. The van der Waals surface area contributed by atoms with Crippen LogP contribution in [0.3, 0.4) is 0 Å². The van der Waals surface area contributed by atoms with Crippen LogP contribution in [0.1, 0.15) is 13.3 Å². The van der Waals surface area contributed by atoms with E-state index < -0.39 is 0 Å².